The molecule has 2 aromatic rings. The van der Waals surface area contributed by atoms with E-state index in [0.29, 0.717) is 5.69 Å². The lowest BCUT2D eigenvalue weighted by Crippen LogP contribution is -2.22. The maximum absolute atomic E-state index is 14.2. The minimum atomic E-state index is -0.222. The van der Waals surface area contributed by atoms with E-state index >= 15 is 0 Å². The highest BCUT2D eigenvalue weighted by Gasteiger charge is 2.17. The van der Waals surface area contributed by atoms with Crippen LogP contribution in [0.3, 0.4) is 0 Å². The Morgan fingerprint density at radius 3 is 2.53 bits per heavy atom. The molecular formula is C15H19FN2S. The molecule has 1 aromatic carbocycles. The quantitative estimate of drug-likeness (QED) is 0.912. The van der Waals surface area contributed by atoms with Gasteiger partial charge in [0.05, 0.1) is 11.7 Å². The second-order valence-corrected chi connectivity index (χ2v) is 5.78. The average Bonchev–Trinajstić information content (AvgIpc) is 2.90. The fourth-order valence-electron chi connectivity index (χ4n) is 2.02. The summed E-state index contributed by atoms with van der Waals surface area (Å²) in [5.74, 6) is -0.222. The molecule has 0 bridgehead atoms. The van der Waals surface area contributed by atoms with Crippen molar-refractivity contribution in [3.8, 4) is 0 Å². The zero-order valence-electron chi connectivity index (χ0n) is 11.4. The summed E-state index contributed by atoms with van der Waals surface area (Å²) < 4.78 is 14.2. The summed E-state index contributed by atoms with van der Waals surface area (Å²) in [5, 5.41) is 2.04. The summed E-state index contributed by atoms with van der Waals surface area (Å²) in [7, 11) is 1.91. The van der Waals surface area contributed by atoms with E-state index < -0.39 is 0 Å². The molecule has 102 valence electrons. The van der Waals surface area contributed by atoms with Crippen molar-refractivity contribution in [2.45, 2.75) is 25.9 Å². The summed E-state index contributed by atoms with van der Waals surface area (Å²) in [5.41, 5.74) is 7.19. The van der Waals surface area contributed by atoms with E-state index in [0.717, 1.165) is 5.56 Å². The average molecular weight is 278 g/mol. The Hall–Kier alpha value is -1.39. The first-order valence-corrected chi connectivity index (χ1v) is 7.20. The maximum atomic E-state index is 14.2. The summed E-state index contributed by atoms with van der Waals surface area (Å²) in [6.45, 7) is 3.93. The third-order valence-electron chi connectivity index (χ3n) is 3.41. The van der Waals surface area contributed by atoms with Crippen LogP contribution in [-0.4, -0.2) is 7.05 Å². The van der Waals surface area contributed by atoms with Crippen molar-refractivity contribution in [3.63, 3.8) is 0 Å². The van der Waals surface area contributed by atoms with E-state index in [2.05, 4.69) is 13.0 Å². The number of benzene rings is 1. The summed E-state index contributed by atoms with van der Waals surface area (Å²) in [6, 6.07) is 9.30. The van der Waals surface area contributed by atoms with Gasteiger partial charge in [0.1, 0.15) is 5.82 Å². The fourth-order valence-corrected chi connectivity index (χ4v) is 2.85. The highest BCUT2D eigenvalue weighted by Crippen LogP contribution is 2.30. The molecule has 0 radical (unpaired) electrons. The SMILES string of the molecule is CC(c1cccs1)N(C)c1ccc([C@H](C)N)cc1F. The first kappa shape index (κ1) is 14.0. The zero-order chi connectivity index (χ0) is 14.0. The van der Waals surface area contributed by atoms with Crippen LogP contribution in [0.1, 0.15) is 36.4 Å². The van der Waals surface area contributed by atoms with E-state index in [1.807, 2.05) is 36.4 Å². The molecule has 0 spiro atoms. The fraction of sp³-hybridized carbons (Fsp3) is 0.333. The normalized spacial score (nSPS) is 14.2. The molecule has 1 heterocycles. The Labute approximate surface area is 117 Å². The van der Waals surface area contributed by atoms with Gasteiger partial charge < -0.3 is 10.6 Å². The second-order valence-electron chi connectivity index (χ2n) is 4.80. The van der Waals surface area contributed by atoms with Gasteiger partial charge in [-0.2, -0.15) is 0 Å². The Morgan fingerprint density at radius 1 is 1.26 bits per heavy atom. The predicted octanol–water partition coefficient (Wildman–Crippen LogP) is 4.10. The lowest BCUT2D eigenvalue weighted by Gasteiger charge is -2.27. The molecule has 1 aromatic heterocycles. The molecular weight excluding hydrogens is 259 g/mol. The minimum absolute atomic E-state index is 0.149. The summed E-state index contributed by atoms with van der Waals surface area (Å²) in [6.07, 6.45) is 0. The van der Waals surface area contributed by atoms with Gasteiger partial charge in [0.2, 0.25) is 0 Å². The number of nitrogens with two attached hydrogens (primary N) is 1. The molecule has 2 N–H and O–H groups in total. The number of hydrogen-bond donors (Lipinski definition) is 1. The Bertz CT molecular complexity index is 537. The molecule has 4 heteroatoms. The van der Waals surface area contributed by atoms with E-state index in [4.69, 9.17) is 5.73 Å². The topological polar surface area (TPSA) is 29.3 Å². The molecule has 0 amide bonds. The molecule has 0 aliphatic heterocycles. The Balaban J connectivity index is 2.26. The maximum Gasteiger partial charge on any atom is 0.146 e. The predicted molar refractivity (Wildman–Crippen MR) is 80.1 cm³/mol. The number of anilines is 1. The van der Waals surface area contributed by atoms with E-state index in [1.165, 1.54) is 10.9 Å². The van der Waals surface area contributed by atoms with Gasteiger partial charge in [0.15, 0.2) is 0 Å². The van der Waals surface area contributed by atoms with Crippen LogP contribution < -0.4 is 10.6 Å². The van der Waals surface area contributed by atoms with Gasteiger partial charge in [-0.15, -0.1) is 11.3 Å². The van der Waals surface area contributed by atoms with Crippen molar-refractivity contribution in [1.82, 2.24) is 0 Å². The van der Waals surface area contributed by atoms with Crippen LogP contribution in [0.15, 0.2) is 35.7 Å². The van der Waals surface area contributed by atoms with E-state index in [1.54, 1.807) is 17.4 Å². The highest BCUT2D eigenvalue weighted by atomic mass is 32.1. The van der Waals surface area contributed by atoms with Gasteiger partial charge in [-0.1, -0.05) is 12.1 Å². The molecule has 0 fully saturated rings. The molecule has 19 heavy (non-hydrogen) atoms. The van der Waals surface area contributed by atoms with Crippen molar-refractivity contribution in [2.75, 3.05) is 11.9 Å². The van der Waals surface area contributed by atoms with Crippen LogP contribution in [-0.2, 0) is 0 Å². The molecule has 2 nitrogen and oxygen atoms in total. The summed E-state index contributed by atoms with van der Waals surface area (Å²) in [4.78, 5) is 3.17. The first-order valence-electron chi connectivity index (χ1n) is 6.32. The first-order chi connectivity index (χ1) is 9.00. The summed E-state index contributed by atoms with van der Waals surface area (Å²) >= 11 is 1.68. The molecule has 0 aliphatic carbocycles. The van der Waals surface area contributed by atoms with Crippen molar-refractivity contribution in [1.29, 1.82) is 0 Å². The van der Waals surface area contributed by atoms with Crippen molar-refractivity contribution >= 4 is 17.0 Å². The molecule has 0 aliphatic rings. The van der Waals surface area contributed by atoms with Gasteiger partial charge in [0.25, 0.3) is 0 Å². The Morgan fingerprint density at radius 2 is 2.00 bits per heavy atom. The number of rotatable bonds is 4. The monoisotopic (exact) mass is 278 g/mol. The molecule has 2 atom stereocenters. The lowest BCUT2D eigenvalue weighted by atomic mass is 10.1. The third-order valence-corrected chi connectivity index (χ3v) is 4.46. The second kappa shape index (κ2) is 5.72. The molecule has 0 saturated heterocycles. The van der Waals surface area contributed by atoms with Crippen molar-refractivity contribution in [2.24, 2.45) is 5.73 Å². The van der Waals surface area contributed by atoms with E-state index in [9.17, 15) is 4.39 Å². The number of hydrogen-bond acceptors (Lipinski definition) is 3. The van der Waals surface area contributed by atoms with Crippen LogP contribution in [0.25, 0.3) is 0 Å². The standard InChI is InChI=1S/C15H19FN2S/c1-10(17)12-6-7-14(13(16)9-12)18(3)11(2)15-5-4-8-19-15/h4-11H,17H2,1-3H3/t10-,11?/m0/s1. The van der Waals surface area contributed by atoms with Gasteiger partial charge >= 0.3 is 0 Å². The van der Waals surface area contributed by atoms with Gasteiger partial charge in [-0.05, 0) is 43.0 Å². The van der Waals surface area contributed by atoms with Crippen molar-refractivity contribution in [3.05, 3.63) is 52.0 Å². The van der Waals surface area contributed by atoms with Crippen LogP contribution in [0.4, 0.5) is 10.1 Å². The zero-order valence-corrected chi connectivity index (χ0v) is 12.2. The van der Waals surface area contributed by atoms with Crippen LogP contribution >= 0.6 is 11.3 Å². The van der Waals surface area contributed by atoms with Gasteiger partial charge in [-0.3, -0.25) is 0 Å². The van der Waals surface area contributed by atoms with Gasteiger partial charge in [-0.25, -0.2) is 4.39 Å². The largest absolute Gasteiger partial charge is 0.365 e. The molecule has 0 saturated carbocycles. The highest BCUT2D eigenvalue weighted by molar-refractivity contribution is 7.10. The Kier molecular flexibility index (Phi) is 4.22. The van der Waals surface area contributed by atoms with Crippen LogP contribution in [0.5, 0.6) is 0 Å². The van der Waals surface area contributed by atoms with Crippen LogP contribution in [0.2, 0.25) is 0 Å². The van der Waals surface area contributed by atoms with Gasteiger partial charge in [0, 0.05) is 18.0 Å². The lowest BCUT2D eigenvalue weighted by molar-refractivity contribution is 0.608. The molecule has 2 rings (SSSR count). The third kappa shape index (κ3) is 2.96. The minimum Gasteiger partial charge on any atom is -0.365 e. The molecule has 1 unspecified atom stereocenters. The smallest absolute Gasteiger partial charge is 0.146 e. The van der Waals surface area contributed by atoms with Crippen molar-refractivity contribution < 1.29 is 4.39 Å². The number of halogens is 1. The van der Waals surface area contributed by atoms with E-state index in [-0.39, 0.29) is 17.9 Å². The van der Waals surface area contributed by atoms with Crippen LogP contribution in [0, 0.1) is 5.82 Å². The number of nitrogens with zero attached hydrogens (tertiary/aromatic N) is 1. The number of thiophene rings is 1.